The molecule has 1 unspecified atom stereocenters. The molecule has 0 saturated carbocycles. The fourth-order valence-electron chi connectivity index (χ4n) is 4.57. The van der Waals surface area contributed by atoms with Gasteiger partial charge in [0.25, 0.3) is 5.91 Å². The van der Waals surface area contributed by atoms with Crippen LogP contribution in [0.25, 0.3) is 11.1 Å². The number of fused-ring (bicyclic) bond motifs is 1. The average Bonchev–Trinajstić information content (AvgIpc) is 3.37. The van der Waals surface area contributed by atoms with E-state index in [9.17, 15) is 19.4 Å². The van der Waals surface area contributed by atoms with Gasteiger partial charge >= 0.3 is 0 Å². The third kappa shape index (κ3) is 3.70. The number of hydrogen-bond donors (Lipinski definition) is 3. The molecule has 0 bridgehead atoms. The molecule has 1 atom stereocenters. The van der Waals surface area contributed by atoms with Gasteiger partial charge in [-0.05, 0) is 56.7 Å². The minimum absolute atomic E-state index is 0.333. The fourth-order valence-corrected chi connectivity index (χ4v) is 5.68. The Morgan fingerprint density at radius 1 is 1.27 bits per heavy atom. The van der Waals surface area contributed by atoms with Crippen molar-refractivity contribution in [2.24, 2.45) is 0 Å². The molecule has 33 heavy (non-hydrogen) atoms. The Morgan fingerprint density at radius 3 is 2.73 bits per heavy atom. The lowest BCUT2D eigenvalue weighted by molar-refractivity contribution is -0.111. The molecule has 1 aromatic heterocycles. The molecule has 0 spiro atoms. The van der Waals surface area contributed by atoms with E-state index in [1.807, 2.05) is 32.1 Å². The molecule has 5 rings (SSSR count). The largest absolute Gasteiger partial charge is 0.482 e. The number of nitrogens with zero attached hydrogens (tertiary/aromatic N) is 2. The lowest BCUT2D eigenvalue weighted by Gasteiger charge is -2.32. The van der Waals surface area contributed by atoms with Crippen LogP contribution in [0.2, 0.25) is 0 Å². The molecule has 9 heteroatoms. The lowest BCUT2D eigenvalue weighted by Crippen LogP contribution is -2.46. The van der Waals surface area contributed by atoms with Crippen molar-refractivity contribution in [3.8, 4) is 0 Å². The number of aliphatic hydroxyl groups is 2. The van der Waals surface area contributed by atoms with Crippen LogP contribution in [-0.2, 0) is 9.53 Å². The quantitative estimate of drug-likeness (QED) is 0.469. The Bertz CT molecular complexity index is 1210. The highest BCUT2D eigenvalue weighted by atomic mass is 32.2. The third-order valence-electron chi connectivity index (χ3n) is 6.29. The summed E-state index contributed by atoms with van der Waals surface area (Å²) in [5, 5.41) is 21.3. The minimum atomic E-state index is -1.80. The number of benzene rings is 1. The summed E-state index contributed by atoms with van der Waals surface area (Å²) >= 11 is 1.12. The SMILES string of the molecule is CN(c1ccc(C2=C/C(=C3\C(=O)Nc4cc(F)ccc43)OC2(C)C)cn1)C1CCSC1(O)O. The minimum Gasteiger partial charge on any atom is -0.482 e. The number of ether oxygens (including phenoxy) is 1. The van der Waals surface area contributed by atoms with Crippen LogP contribution in [-0.4, -0.2) is 50.7 Å². The number of aromatic nitrogens is 1. The molecule has 1 amide bonds. The van der Waals surface area contributed by atoms with E-state index in [0.717, 1.165) is 22.9 Å². The van der Waals surface area contributed by atoms with Crippen LogP contribution in [0.3, 0.4) is 0 Å². The summed E-state index contributed by atoms with van der Waals surface area (Å²) in [7, 11) is 1.79. The van der Waals surface area contributed by atoms with E-state index < -0.39 is 22.6 Å². The number of carbonyl (C=O) groups excluding carboxylic acids is 1. The predicted octanol–water partition coefficient (Wildman–Crippen LogP) is 3.36. The molecule has 3 N–H and O–H groups in total. The normalized spacial score (nSPS) is 24.8. The van der Waals surface area contributed by atoms with E-state index in [-0.39, 0.29) is 5.91 Å². The van der Waals surface area contributed by atoms with Crippen molar-refractivity contribution in [1.82, 2.24) is 4.98 Å². The van der Waals surface area contributed by atoms with E-state index >= 15 is 0 Å². The number of nitrogens with one attached hydrogen (secondary N) is 1. The highest BCUT2D eigenvalue weighted by Gasteiger charge is 2.43. The number of halogens is 1. The number of pyridine rings is 1. The van der Waals surface area contributed by atoms with Gasteiger partial charge in [-0.1, -0.05) is 11.8 Å². The standard InChI is InChI=1S/C24H24FN3O4S/c1-23(2)16(11-18(32-23)21-15-6-5-14(25)10-17(15)27-22(21)29)13-4-7-20(26-12-13)28(3)19-8-9-33-24(19,30)31/h4-7,10-12,19,30-31H,8-9H2,1-3H3,(H,27,29)/b21-18+. The zero-order valence-electron chi connectivity index (χ0n) is 18.4. The molecule has 0 radical (unpaired) electrons. The van der Waals surface area contributed by atoms with Crippen LogP contribution in [0.5, 0.6) is 0 Å². The topological polar surface area (TPSA) is 94.9 Å². The van der Waals surface area contributed by atoms with Gasteiger partial charge in [0.1, 0.15) is 23.0 Å². The maximum absolute atomic E-state index is 13.6. The maximum atomic E-state index is 13.6. The Kier molecular flexibility index (Phi) is 5.04. The molecule has 7 nitrogen and oxygen atoms in total. The van der Waals surface area contributed by atoms with Crippen molar-refractivity contribution in [2.45, 2.75) is 37.0 Å². The monoisotopic (exact) mass is 469 g/mol. The van der Waals surface area contributed by atoms with Crippen molar-refractivity contribution in [2.75, 3.05) is 23.0 Å². The molecule has 2 aromatic rings. The van der Waals surface area contributed by atoms with Gasteiger partial charge in [0.15, 0.2) is 0 Å². The van der Waals surface area contributed by atoms with Gasteiger partial charge in [-0.25, -0.2) is 9.37 Å². The molecular weight excluding hydrogens is 445 g/mol. The number of thioether (sulfide) groups is 1. The fraction of sp³-hybridized carbons (Fsp3) is 0.333. The number of anilines is 2. The molecule has 3 aliphatic heterocycles. The lowest BCUT2D eigenvalue weighted by atomic mass is 9.93. The number of allylic oxidation sites excluding steroid dienone is 1. The van der Waals surface area contributed by atoms with Crippen LogP contribution in [0.1, 0.15) is 31.4 Å². The summed E-state index contributed by atoms with van der Waals surface area (Å²) in [6.07, 6.45) is 4.19. The van der Waals surface area contributed by atoms with Gasteiger partial charge in [-0.15, -0.1) is 0 Å². The highest BCUT2D eigenvalue weighted by Crippen LogP contribution is 2.44. The zero-order valence-corrected chi connectivity index (χ0v) is 19.2. The maximum Gasteiger partial charge on any atom is 0.260 e. The van der Waals surface area contributed by atoms with Crippen LogP contribution in [0.4, 0.5) is 15.9 Å². The van der Waals surface area contributed by atoms with Gasteiger partial charge < -0.3 is 25.2 Å². The third-order valence-corrected chi connectivity index (χ3v) is 7.43. The van der Waals surface area contributed by atoms with E-state index in [0.29, 0.717) is 40.6 Å². The summed E-state index contributed by atoms with van der Waals surface area (Å²) in [4.78, 5) is 18.9. The number of likely N-dealkylation sites (N-methyl/N-ethyl adjacent to an activating group) is 1. The van der Waals surface area contributed by atoms with E-state index in [1.165, 1.54) is 12.1 Å². The summed E-state index contributed by atoms with van der Waals surface area (Å²) in [5.41, 5.74) is 2.36. The molecule has 0 aliphatic carbocycles. The van der Waals surface area contributed by atoms with Gasteiger partial charge in [0.05, 0.1) is 17.3 Å². The van der Waals surface area contributed by atoms with Crippen LogP contribution >= 0.6 is 11.8 Å². The van der Waals surface area contributed by atoms with Crippen molar-refractivity contribution in [1.29, 1.82) is 0 Å². The second-order valence-corrected chi connectivity index (χ2v) is 10.2. The van der Waals surface area contributed by atoms with Gasteiger partial charge in [0.2, 0.25) is 5.12 Å². The van der Waals surface area contributed by atoms with Crippen molar-refractivity contribution < 1.29 is 24.1 Å². The second-order valence-electron chi connectivity index (χ2n) is 8.88. The summed E-state index contributed by atoms with van der Waals surface area (Å²) in [5.74, 6) is 0.962. The smallest absolute Gasteiger partial charge is 0.260 e. The molecular formula is C24H24FN3O4S. The number of amides is 1. The summed E-state index contributed by atoms with van der Waals surface area (Å²) in [6.45, 7) is 3.82. The molecule has 4 heterocycles. The molecule has 1 saturated heterocycles. The Hall–Kier alpha value is -2.88. The highest BCUT2D eigenvalue weighted by molar-refractivity contribution is 8.00. The average molecular weight is 470 g/mol. The Labute approximate surface area is 195 Å². The van der Waals surface area contributed by atoms with Crippen molar-refractivity contribution >= 4 is 40.3 Å². The van der Waals surface area contributed by atoms with Gasteiger partial charge in [-0.2, -0.15) is 0 Å². The summed E-state index contributed by atoms with van der Waals surface area (Å²) < 4.78 is 19.7. The first-order valence-corrected chi connectivity index (χ1v) is 11.6. The first kappa shape index (κ1) is 21.9. The van der Waals surface area contributed by atoms with Crippen LogP contribution < -0.4 is 10.2 Å². The molecule has 172 valence electrons. The first-order valence-electron chi connectivity index (χ1n) is 10.6. The first-order chi connectivity index (χ1) is 15.6. The van der Waals surface area contributed by atoms with Crippen molar-refractivity contribution in [3.05, 3.63) is 65.3 Å². The number of carbonyl (C=O) groups is 1. The molecule has 1 aromatic carbocycles. The van der Waals surface area contributed by atoms with Gasteiger partial charge in [0, 0.05) is 35.7 Å². The molecule has 1 fully saturated rings. The zero-order chi connectivity index (χ0) is 23.5. The Balaban J connectivity index is 1.48. The van der Waals surface area contributed by atoms with E-state index in [4.69, 9.17) is 4.74 Å². The van der Waals surface area contributed by atoms with Crippen molar-refractivity contribution in [3.63, 3.8) is 0 Å². The van der Waals surface area contributed by atoms with Crippen LogP contribution in [0, 0.1) is 5.82 Å². The second kappa shape index (κ2) is 7.58. The molecule has 3 aliphatic rings. The van der Waals surface area contributed by atoms with E-state index in [2.05, 4.69) is 10.3 Å². The van der Waals surface area contributed by atoms with Crippen LogP contribution in [0.15, 0.2) is 48.4 Å². The van der Waals surface area contributed by atoms with E-state index in [1.54, 1.807) is 24.2 Å². The predicted molar refractivity (Wildman–Crippen MR) is 126 cm³/mol. The Morgan fingerprint density at radius 2 is 2.06 bits per heavy atom. The number of hydrogen-bond acceptors (Lipinski definition) is 7. The van der Waals surface area contributed by atoms with Gasteiger partial charge in [-0.3, -0.25) is 4.79 Å². The number of rotatable bonds is 3. The summed E-state index contributed by atoms with van der Waals surface area (Å²) in [6, 6.07) is 7.47.